The number of ether oxygens (including phenoxy) is 1. The van der Waals surface area contributed by atoms with Crippen molar-refractivity contribution in [1.29, 1.82) is 0 Å². The van der Waals surface area contributed by atoms with Crippen LogP contribution in [0.1, 0.15) is 36.3 Å². The number of carbonyl (C=O) groups excluding carboxylic acids is 1. The molecule has 196 valence electrons. The van der Waals surface area contributed by atoms with Gasteiger partial charge in [-0.3, -0.25) is 4.79 Å². The number of carbonyl (C=O) groups is 1. The SMILES string of the molecule is CCN(CC)CCCNC(=O)c1nc(Nc2nc(-c3ccc(OC)cc3)cs2)ncc1C(F)(F)F.O. The highest BCUT2D eigenvalue weighted by Gasteiger charge is 2.37. The molecule has 0 radical (unpaired) electrons. The lowest BCUT2D eigenvalue weighted by molar-refractivity contribution is -0.138. The molecule has 36 heavy (non-hydrogen) atoms. The van der Waals surface area contributed by atoms with Crippen molar-refractivity contribution in [3.8, 4) is 17.0 Å². The van der Waals surface area contributed by atoms with Crippen molar-refractivity contribution in [2.45, 2.75) is 26.4 Å². The van der Waals surface area contributed by atoms with Gasteiger partial charge in [0.1, 0.15) is 17.0 Å². The molecule has 1 amide bonds. The van der Waals surface area contributed by atoms with Crippen LogP contribution < -0.4 is 15.4 Å². The molecule has 2 aromatic heterocycles. The number of thiazole rings is 1. The summed E-state index contributed by atoms with van der Waals surface area (Å²) in [6.07, 6.45) is -3.55. The molecular weight excluding hydrogens is 497 g/mol. The second-order valence-electron chi connectivity index (χ2n) is 7.48. The number of rotatable bonds is 11. The number of methoxy groups -OCH3 is 1. The smallest absolute Gasteiger partial charge is 0.420 e. The van der Waals surface area contributed by atoms with Gasteiger partial charge in [-0.05, 0) is 50.3 Å². The molecule has 2 heterocycles. The van der Waals surface area contributed by atoms with Crippen molar-refractivity contribution in [2.75, 3.05) is 38.6 Å². The van der Waals surface area contributed by atoms with Crippen LogP contribution in [0.5, 0.6) is 5.75 Å². The molecule has 0 unspecified atom stereocenters. The summed E-state index contributed by atoms with van der Waals surface area (Å²) in [7, 11) is 1.57. The predicted octanol–water partition coefficient (Wildman–Crippen LogP) is 4.01. The van der Waals surface area contributed by atoms with E-state index >= 15 is 0 Å². The number of halogens is 3. The highest BCUT2D eigenvalue weighted by molar-refractivity contribution is 7.14. The van der Waals surface area contributed by atoms with E-state index in [1.807, 2.05) is 26.0 Å². The largest absolute Gasteiger partial charge is 0.497 e. The number of amides is 1. The molecule has 0 aliphatic carbocycles. The van der Waals surface area contributed by atoms with E-state index in [0.717, 1.165) is 25.2 Å². The van der Waals surface area contributed by atoms with E-state index in [0.29, 0.717) is 29.2 Å². The van der Waals surface area contributed by atoms with Gasteiger partial charge in [-0.15, -0.1) is 11.3 Å². The summed E-state index contributed by atoms with van der Waals surface area (Å²) in [4.78, 5) is 26.8. The number of nitrogens with one attached hydrogen (secondary N) is 2. The minimum Gasteiger partial charge on any atom is -0.497 e. The van der Waals surface area contributed by atoms with Gasteiger partial charge >= 0.3 is 6.18 Å². The summed E-state index contributed by atoms with van der Waals surface area (Å²) < 4.78 is 45.6. The lowest BCUT2D eigenvalue weighted by atomic mass is 10.2. The van der Waals surface area contributed by atoms with Crippen LogP contribution in [0.3, 0.4) is 0 Å². The Labute approximate surface area is 211 Å². The van der Waals surface area contributed by atoms with Crippen LogP contribution in [-0.4, -0.2) is 64.5 Å². The fraction of sp³-hybridized carbons (Fsp3) is 0.391. The summed E-state index contributed by atoms with van der Waals surface area (Å²) in [5, 5.41) is 7.49. The van der Waals surface area contributed by atoms with Crippen LogP contribution in [-0.2, 0) is 6.18 Å². The third-order valence-electron chi connectivity index (χ3n) is 5.25. The first-order valence-corrected chi connectivity index (χ1v) is 11.9. The topological polar surface area (TPSA) is 124 Å². The lowest BCUT2D eigenvalue weighted by Crippen LogP contribution is -2.31. The van der Waals surface area contributed by atoms with Gasteiger partial charge in [0, 0.05) is 23.7 Å². The quantitative estimate of drug-likeness (QED) is 0.362. The van der Waals surface area contributed by atoms with Crippen LogP contribution in [0.15, 0.2) is 35.8 Å². The Morgan fingerprint density at radius 3 is 2.44 bits per heavy atom. The van der Waals surface area contributed by atoms with Gasteiger partial charge in [0.25, 0.3) is 5.91 Å². The Morgan fingerprint density at radius 2 is 1.83 bits per heavy atom. The van der Waals surface area contributed by atoms with E-state index in [9.17, 15) is 18.0 Å². The molecule has 0 saturated carbocycles. The summed E-state index contributed by atoms with van der Waals surface area (Å²) in [6.45, 7) is 6.74. The van der Waals surface area contributed by atoms with E-state index in [-0.39, 0.29) is 18.0 Å². The van der Waals surface area contributed by atoms with Gasteiger partial charge in [0.05, 0.1) is 12.8 Å². The molecule has 0 atom stereocenters. The Kier molecular flexibility index (Phi) is 10.6. The zero-order chi connectivity index (χ0) is 25.4. The van der Waals surface area contributed by atoms with Gasteiger partial charge in [0.2, 0.25) is 5.95 Å². The van der Waals surface area contributed by atoms with E-state index in [4.69, 9.17) is 4.74 Å². The third-order valence-corrected chi connectivity index (χ3v) is 6.01. The number of hydrogen-bond acceptors (Lipinski definition) is 8. The van der Waals surface area contributed by atoms with Crippen molar-refractivity contribution in [3.63, 3.8) is 0 Å². The highest BCUT2D eigenvalue weighted by Crippen LogP contribution is 2.32. The Morgan fingerprint density at radius 1 is 1.14 bits per heavy atom. The van der Waals surface area contributed by atoms with Crippen LogP contribution in [0.2, 0.25) is 0 Å². The molecule has 0 aliphatic heterocycles. The summed E-state index contributed by atoms with van der Waals surface area (Å²) in [6, 6.07) is 7.28. The first kappa shape index (κ1) is 28.9. The molecule has 13 heteroatoms. The number of alkyl halides is 3. The van der Waals surface area contributed by atoms with Gasteiger partial charge in [-0.25, -0.2) is 15.0 Å². The molecule has 0 saturated heterocycles. The number of aromatic nitrogens is 3. The molecule has 0 aliphatic rings. The molecule has 9 nitrogen and oxygen atoms in total. The van der Waals surface area contributed by atoms with Crippen LogP contribution in [0.4, 0.5) is 24.3 Å². The molecule has 1 aromatic carbocycles. The maximum Gasteiger partial charge on any atom is 0.420 e. The molecule has 4 N–H and O–H groups in total. The zero-order valence-electron chi connectivity index (χ0n) is 20.1. The predicted molar refractivity (Wildman–Crippen MR) is 133 cm³/mol. The van der Waals surface area contributed by atoms with Gasteiger partial charge in [0.15, 0.2) is 5.13 Å². The standard InChI is InChI=1S/C23H27F3N6O2S.H2O/c1-4-32(5-2)12-6-11-27-20(33)19-17(23(24,25)26)13-28-21(30-19)31-22-29-18(14-35-22)15-7-9-16(34-3)10-8-15;/h7-10,13-14H,4-6,11-12H2,1-3H3,(H,27,33)(H,28,29,30,31);1H2. The van der Waals surface area contributed by atoms with Crippen molar-refractivity contribution in [3.05, 3.63) is 47.1 Å². The second-order valence-corrected chi connectivity index (χ2v) is 8.34. The Hall–Kier alpha value is -3.29. The Balaban J connectivity index is 0.00000456. The van der Waals surface area contributed by atoms with Crippen LogP contribution in [0.25, 0.3) is 11.3 Å². The summed E-state index contributed by atoms with van der Waals surface area (Å²) in [5.41, 5.74) is -0.418. The van der Waals surface area contributed by atoms with Gasteiger partial charge in [-0.1, -0.05) is 13.8 Å². The molecule has 0 spiro atoms. The van der Waals surface area contributed by atoms with Gasteiger partial charge in [-0.2, -0.15) is 13.2 Å². The lowest BCUT2D eigenvalue weighted by Gasteiger charge is -2.18. The van der Waals surface area contributed by atoms with Crippen LogP contribution >= 0.6 is 11.3 Å². The number of anilines is 2. The summed E-state index contributed by atoms with van der Waals surface area (Å²) in [5.74, 6) is -0.346. The zero-order valence-corrected chi connectivity index (χ0v) is 21.0. The van der Waals surface area contributed by atoms with E-state index in [1.54, 1.807) is 24.6 Å². The molecular formula is C23H29F3N6O3S. The summed E-state index contributed by atoms with van der Waals surface area (Å²) >= 11 is 1.24. The van der Waals surface area contributed by atoms with E-state index in [2.05, 4.69) is 30.5 Å². The average Bonchev–Trinajstić information content (AvgIpc) is 3.31. The number of nitrogens with zero attached hydrogens (tertiary/aromatic N) is 4. The normalized spacial score (nSPS) is 11.2. The number of hydrogen-bond donors (Lipinski definition) is 2. The average molecular weight is 527 g/mol. The minimum atomic E-state index is -4.77. The van der Waals surface area contributed by atoms with Crippen molar-refractivity contribution < 1.29 is 28.2 Å². The number of benzene rings is 1. The fourth-order valence-corrected chi connectivity index (χ4v) is 3.99. The molecule has 0 fully saturated rings. The van der Waals surface area contributed by atoms with Crippen molar-refractivity contribution >= 4 is 28.3 Å². The first-order valence-electron chi connectivity index (χ1n) is 11.1. The fourth-order valence-electron chi connectivity index (χ4n) is 3.27. The van der Waals surface area contributed by atoms with E-state index < -0.39 is 23.3 Å². The molecule has 0 bridgehead atoms. The third kappa shape index (κ3) is 7.60. The molecule has 3 rings (SSSR count). The minimum absolute atomic E-state index is 0. The molecule has 3 aromatic rings. The van der Waals surface area contributed by atoms with E-state index in [1.165, 1.54) is 11.3 Å². The maximum atomic E-state index is 13.5. The van der Waals surface area contributed by atoms with Crippen LogP contribution in [0, 0.1) is 0 Å². The second kappa shape index (κ2) is 13.1. The van der Waals surface area contributed by atoms with Crippen molar-refractivity contribution in [1.82, 2.24) is 25.2 Å². The van der Waals surface area contributed by atoms with Gasteiger partial charge < -0.3 is 25.7 Å². The highest BCUT2D eigenvalue weighted by atomic mass is 32.1. The monoisotopic (exact) mass is 526 g/mol. The first-order chi connectivity index (χ1) is 16.7. The Bertz CT molecular complexity index is 1120. The maximum absolute atomic E-state index is 13.5. The van der Waals surface area contributed by atoms with Crippen molar-refractivity contribution in [2.24, 2.45) is 0 Å².